The average molecular weight is 263 g/mol. The summed E-state index contributed by atoms with van der Waals surface area (Å²) in [5, 5.41) is 22.2. The van der Waals surface area contributed by atoms with E-state index in [4.69, 9.17) is 5.11 Å². The second-order valence-corrected chi connectivity index (χ2v) is 4.52. The number of likely N-dealkylation sites (tertiary alicyclic amines) is 1. The summed E-state index contributed by atoms with van der Waals surface area (Å²) in [7, 11) is 0. The van der Waals surface area contributed by atoms with Crippen molar-refractivity contribution >= 4 is 12.1 Å². The van der Waals surface area contributed by atoms with Crippen LogP contribution >= 0.6 is 0 Å². The summed E-state index contributed by atoms with van der Waals surface area (Å²) in [6, 6.07) is 4.32. The van der Waals surface area contributed by atoms with E-state index < -0.39 is 0 Å². The van der Waals surface area contributed by atoms with Gasteiger partial charge in [-0.1, -0.05) is 0 Å². The molecule has 0 saturated carbocycles. The number of hydrazone groups is 1. The van der Waals surface area contributed by atoms with E-state index in [9.17, 15) is 9.90 Å². The molecule has 0 atom stereocenters. The SMILES string of the molecule is O=C(CN1CCCC1)N/N=C/c1ccc(O)c(O)c1. The smallest absolute Gasteiger partial charge is 0.254 e. The van der Waals surface area contributed by atoms with Crippen molar-refractivity contribution < 1.29 is 15.0 Å². The zero-order chi connectivity index (χ0) is 13.7. The van der Waals surface area contributed by atoms with Crippen LogP contribution in [0.4, 0.5) is 0 Å². The Hall–Kier alpha value is -2.08. The van der Waals surface area contributed by atoms with Crippen LogP contribution in [-0.4, -0.2) is 46.9 Å². The fourth-order valence-electron chi connectivity index (χ4n) is 1.98. The standard InChI is InChI=1S/C13H17N3O3/c17-11-4-3-10(7-12(11)18)8-14-15-13(19)9-16-5-1-2-6-16/h3-4,7-8,17-18H,1-2,5-6,9H2,(H,15,19)/b14-8+. The molecule has 0 radical (unpaired) electrons. The number of nitrogens with one attached hydrogen (secondary N) is 1. The lowest BCUT2D eigenvalue weighted by atomic mass is 10.2. The molecule has 0 aliphatic carbocycles. The zero-order valence-electron chi connectivity index (χ0n) is 10.5. The highest BCUT2D eigenvalue weighted by Gasteiger charge is 2.14. The normalized spacial score (nSPS) is 16.0. The lowest BCUT2D eigenvalue weighted by Crippen LogP contribution is -2.33. The first-order valence-electron chi connectivity index (χ1n) is 6.21. The summed E-state index contributed by atoms with van der Waals surface area (Å²) in [5.74, 6) is -0.552. The van der Waals surface area contributed by atoms with Crippen molar-refractivity contribution in [1.82, 2.24) is 10.3 Å². The molecule has 1 fully saturated rings. The van der Waals surface area contributed by atoms with E-state index in [2.05, 4.69) is 15.4 Å². The number of aromatic hydroxyl groups is 2. The van der Waals surface area contributed by atoms with Gasteiger partial charge in [-0.25, -0.2) is 5.43 Å². The Balaban J connectivity index is 1.81. The first kappa shape index (κ1) is 13.4. The van der Waals surface area contributed by atoms with E-state index in [0.29, 0.717) is 12.1 Å². The van der Waals surface area contributed by atoms with Crippen LogP contribution in [-0.2, 0) is 4.79 Å². The Kier molecular flexibility index (Phi) is 4.35. The summed E-state index contributed by atoms with van der Waals surface area (Å²) < 4.78 is 0. The Morgan fingerprint density at radius 3 is 2.74 bits per heavy atom. The first-order valence-corrected chi connectivity index (χ1v) is 6.21. The van der Waals surface area contributed by atoms with Crippen LogP contribution in [0.25, 0.3) is 0 Å². The van der Waals surface area contributed by atoms with Gasteiger partial charge in [0.05, 0.1) is 12.8 Å². The highest BCUT2D eigenvalue weighted by atomic mass is 16.3. The van der Waals surface area contributed by atoms with Gasteiger partial charge in [-0.15, -0.1) is 0 Å². The molecule has 3 N–H and O–H groups in total. The summed E-state index contributed by atoms with van der Waals surface area (Å²) in [4.78, 5) is 13.6. The summed E-state index contributed by atoms with van der Waals surface area (Å²) in [6.45, 7) is 2.28. The van der Waals surface area contributed by atoms with Crippen molar-refractivity contribution in [3.8, 4) is 11.5 Å². The summed E-state index contributed by atoms with van der Waals surface area (Å²) in [6.07, 6.45) is 3.70. The van der Waals surface area contributed by atoms with Crippen LogP contribution in [0.15, 0.2) is 23.3 Å². The minimum Gasteiger partial charge on any atom is -0.504 e. The zero-order valence-corrected chi connectivity index (χ0v) is 10.5. The van der Waals surface area contributed by atoms with Crippen LogP contribution in [0.2, 0.25) is 0 Å². The Bertz CT molecular complexity index is 482. The van der Waals surface area contributed by atoms with E-state index in [0.717, 1.165) is 25.9 Å². The largest absolute Gasteiger partial charge is 0.504 e. The van der Waals surface area contributed by atoms with Gasteiger partial charge >= 0.3 is 0 Å². The molecule has 0 unspecified atom stereocenters. The molecule has 1 aromatic carbocycles. The molecule has 19 heavy (non-hydrogen) atoms. The van der Waals surface area contributed by atoms with Gasteiger partial charge in [0.15, 0.2) is 11.5 Å². The number of phenols is 2. The number of carbonyl (C=O) groups excluding carboxylic acids is 1. The van der Waals surface area contributed by atoms with Gasteiger partial charge in [0.1, 0.15) is 0 Å². The highest BCUT2D eigenvalue weighted by molar-refractivity contribution is 5.83. The third-order valence-electron chi connectivity index (χ3n) is 2.97. The number of hydrogen-bond acceptors (Lipinski definition) is 5. The molecular weight excluding hydrogens is 246 g/mol. The molecule has 6 heteroatoms. The van der Waals surface area contributed by atoms with Crippen molar-refractivity contribution in [2.24, 2.45) is 5.10 Å². The molecule has 2 rings (SSSR count). The maximum absolute atomic E-state index is 11.6. The van der Waals surface area contributed by atoms with Gasteiger partial charge < -0.3 is 10.2 Å². The highest BCUT2D eigenvalue weighted by Crippen LogP contribution is 2.23. The maximum Gasteiger partial charge on any atom is 0.254 e. The molecule has 0 bridgehead atoms. The van der Waals surface area contributed by atoms with Crippen LogP contribution < -0.4 is 5.43 Å². The Morgan fingerprint density at radius 2 is 2.05 bits per heavy atom. The van der Waals surface area contributed by atoms with Crippen LogP contribution in [0.3, 0.4) is 0 Å². The number of phenolic OH excluding ortho intramolecular Hbond substituents is 2. The number of benzene rings is 1. The predicted molar refractivity (Wildman–Crippen MR) is 71.2 cm³/mol. The number of amides is 1. The second-order valence-electron chi connectivity index (χ2n) is 4.52. The minimum atomic E-state index is -0.215. The van der Waals surface area contributed by atoms with Crippen LogP contribution in [0.5, 0.6) is 11.5 Å². The minimum absolute atomic E-state index is 0.152. The Labute approximate surface area is 111 Å². The van der Waals surface area contributed by atoms with Gasteiger partial charge in [0.2, 0.25) is 0 Å². The molecule has 1 heterocycles. The molecular formula is C13H17N3O3. The van der Waals surface area contributed by atoms with Crippen LogP contribution in [0.1, 0.15) is 18.4 Å². The summed E-state index contributed by atoms with van der Waals surface area (Å²) in [5.41, 5.74) is 3.03. The first-order chi connectivity index (χ1) is 9.15. The quantitative estimate of drug-likeness (QED) is 0.423. The number of nitrogens with zero attached hydrogens (tertiary/aromatic N) is 2. The summed E-state index contributed by atoms with van der Waals surface area (Å²) >= 11 is 0. The van der Waals surface area contributed by atoms with Crippen molar-refractivity contribution in [3.63, 3.8) is 0 Å². The van der Waals surface area contributed by atoms with Gasteiger partial charge in [-0.3, -0.25) is 9.69 Å². The van der Waals surface area contributed by atoms with Gasteiger partial charge in [0.25, 0.3) is 5.91 Å². The van der Waals surface area contributed by atoms with Crippen molar-refractivity contribution in [1.29, 1.82) is 0 Å². The third kappa shape index (κ3) is 3.96. The van der Waals surface area contributed by atoms with Gasteiger partial charge in [-0.2, -0.15) is 5.10 Å². The molecule has 1 saturated heterocycles. The topological polar surface area (TPSA) is 85.2 Å². The maximum atomic E-state index is 11.6. The van der Waals surface area contributed by atoms with E-state index in [-0.39, 0.29) is 17.4 Å². The van der Waals surface area contributed by atoms with Gasteiger partial charge in [0, 0.05) is 0 Å². The molecule has 1 aliphatic heterocycles. The second kappa shape index (κ2) is 6.19. The molecule has 1 aromatic rings. The molecule has 102 valence electrons. The van der Waals surface area contributed by atoms with E-state index >= 15 is 0 Å². The molecule has 6 nitrogen and oxygen atoms in total. The lowest BCUT2D eigenvalue weighted by Gasteiger charge is -2.12. The molecule has 1 amide bonds. The average Bonchev–Trinajstić information content (AvgIpc) is 2.86. The van der Waals surface area contributed by atoms with E-state index in [1.807, 2.05) is 0 Å². The monoisotopic (exact) mass is 263 g/mol. The third-order valence-corrected chi connectivity index (χ3v) is 2.97. The fourth-order valence-corrected chi connectivity index (χ4v) is 1.98. The number of carbonyl (C=O) groups is 1. The molecule has 0 aromatic heterocycles. The van der Waals surface area contributed by atoms with Gasteiger partial charge in [-0.05, 0) is 49.7 Å². The van der Waals surface area contributed by atoms with Crippen LogP contribution in [0, 0.1) is 0 Å². The van der Waals surface area contributed by atoms with Crippen molar-refractivity contribution in [2.45, 2.75) is 12.8 Å². The fraction of sp³-hybridized carbons (Fsp3) is 0.385. The van der Waals surface area contributed by atoms with Crippen molar-refractivity contribution in [2.75, 3.05) is 19.6 Å². The Morgan fingerprint density at radius 1 is 1.32 bits per heavy atom. The van der Waals surface area contributed by atoms with E-state index in [1.54, 1.807) is 6.07 Å². The lowest BCUT2D eigenvalue weighted by molar-refractivity contribution is -0.121. The number of hydrogen-bond donors (Lipinski definition) is 3. The predicted octanol–water partition coefficient (Wildman–Crippen LogP) is 0.644. The molecule has 0 spiro atoms. The molecule has 1 aliphatic rings. The van der Waals surface area contributed by atoms with E-state index in [1.165, 1.54) is 18.3 Å². The number of rotatable bonds is 4. The van der Waals surface area contributed by atoms with Crippen molar-refractivity contribution in [3.05, 3.63) is 23.8 Å².